The van der Waals surface area contributed by atoms with Crippen molar-refractivity contribution in [3.8, 4) is 5.75 Å². The fourth-order valence-corrected chi connectivity index (χ4v) is 3.67. The lowest BCUT2D eigenvalue weighted by Gasteiger charge is -2.02. The first-order valence-corrected chi connectivity index (χ1v) is 8.56. The van der Waals surface area contributed by atoms with E-state index in [2.05, 4.69) is 20.6 Å². The molecule has 4 aromatic rings. The van der Waals surface area contributed by atoms with Gasteiger partial charge in [0.15, 0.2) is 5.13 Å². The second kappa shape index (κ2) is 6.30. The Hall–Kier alpha value is -2.71. The fourth-order valence-electron chi connectivity index (χ4n) is 2.50. The molecule has 0 radical (unpaired) electrons. The number of para-hydroxylation sites is 1. The highest BCUT2D eigenvalue weighted by molar-refractivity contribution is 7.23. The minimum absolute atomic E-state index is 0.0430. The number of ether oxygens (including phenoxy) is 1. The van der Waals surface area contributed by atoms with Crippen LogP contribution in [0.1, 0.15) is 0 Å². The van der Waals surface area contributed by atoms with Crippen molar-refractivity contribution in [2.24, 2.45) is 0 Å². The van der Waals surface area contributed by atoms with E-state index < -0.39 is 0 Å². The molecule has 1 amide bonds. The minimum atomic E-state index is -0.246. The van der Waals surface area contributed by atoms with Crippen molar-refractivity contribution in [3.63, 3.8) is 0 Å². The molecule has 0 spiro atoms. The quantitative estimate of drug-likeness (QED) is 0.593. The number of halogens is 1. The normalized spacial score (nSPS) is 11.1. The molecule has 7 nitrogen and oxygen atoms in total. The number of carbonyl (C=O) groups is 1. The summed E-state index contributed by atoms with van der Waals surface area (Å²) in [5, 5.41) is 11.8. The number of carbonyl (C=O) groups excluding carboxylic acids is 1. The van der Waals surface area contributed by atoms with Crippen LogP contribution in [0.4, 0.5) is 5.13 Å². The number of aromatic nitrogens is 4. The number of methoxy groups -OCH3 is 1. The van der Waals surface area contributed by atoms with Crippen molar-refractivity contribution >= 4 is 55.2 Å². The van der Waals surface area contributed by atoms with Crippen LogP contribution in [-0.4, -0.2) is 33.0 Å². The van der Waals surface area contributed by atoms with E-state index in [-0.39, 0.29) is 12.5 Å². The lowest BCUT2D eigenvalue weighted by molar-refractivity contribution is -0.116. The van der Waals surface area contributed by atoms with E-state index in [9.17, 15) is 4.79 Å². The Morgan fingerprint density at radius 1 is 1.32 bits per heavy atom. The van der Waals surface area contributed by atoms with Gasteiger partial charge in [-0.2, -0.15) is 0 Å². The zero-order valence-corrected chi connectivity index (χ0v) is 14.6. The predicted octanol–water partition coefficient (Wildman–Crippen LogP) is 3.34. The van der Waals surface area contributed by atoms with Crippen molar-refractivity contribution in [3.05, 3.63) is 41.4 Å². The van der Waals surface area contributed by atoms with Crippen LogP contribution in [0, 0.1) is 0 Å². The van der Waals surface area contributed by atoms with Gasteiger partial charge in [-0.25, -0.2) is 9.67 Å². The van der Waals surface area contributed by atoms with Crippen molar-refractivity contribution in [1.82, 2.24) is 20.0 Å². The van der Waals surface area contributed by atoms with Crippen molar-refractivity contribution < 1.29 is 9.53 Å². The van der Waals surface area contributed by atoms with E-state index >= 15 is 0 Å². The number of hydrogen-bond donors (Lipinski definition) is 1. The molecular formula is C16H12ClN5O2S. The number of anilines is 1. The Morgan fingerprint density at radius 3 is 3.00 bits per heavy atom. The molecule has 25 heavy (non-hydrogen) atoms. The molecule has 2 heterocycles. The first kappa shape index (κ1) is 15.8. The number of nitrogens with one attached hydrogen (secondary N) is 1. The molecule has 1 N–H and O–H groups in total. The summed E-state index contributed by atoms with van der Waals surface area (Å²) >= 11 is 7.49. The van der Waals surface area contributed by atoms with Gasteiger partial charge in [-0.05, 0) is 24.3 Å². The number of amides is 1. The van der Waals surface area contributed by atoms with Crippen LogP contribution in [-0.2, 0) is 11.3 Å². The highest BCUT2D eigenvalue weighted by atomic mass is 35.5. The van der Waals surface area contributed by atoms with Gasteiger partial charge in [-0.1, -0.05) is 40.3 Å². The van der Waals surface area contributed by atoms with Gasteiger partial charge in [-0.15, -0.1) is 5.10 Å². The molecule has 0 aliphatic heterocycles. The Labute approximate surface area is 151 Å². The average Bonchev–Trinajstić information content (AvgIpc) is 3.20. The number of hydrogen-bond acceptors (Lipinski definition) is 6. The largest absolute Gasteiger partial charge is 0.494 e. The molecule has 0 saturated heterocycles. The molecule has 126 valence electrons. The summed E-state index contributed by atoms with van der Waals surface area (Å²) < 4.78 is 7.60. The number of benzene rings is 2. The summed E-state index contributed by atoms with van der Waals surface area (Å²) in [6, 6.07) is 11.0. The molecular weight excluding hydrogens is 362 g/mol. The van der Waals surface area contributed by atoms with Crippen LogP contribution in [0.25, 0.3) is 21.3 Å². The number of rotatable bonds is 4. The van der Waals surface area contributed by atoms with Crippen molar-refractivity contribution in [2.45, 2.75) is 6.54 Å². The summed E-state index contributed by atoms with van der Waals surface area (Å²) in [6.45, 7) is 0.0430. The van der Waals surface area contributed by atoms with E-state index in [4.69, 9.17) is 16.3 Å². The summed E-state index contributed by atoms with van der Waals surface area (Å²) in [6.07, 6.45) is 0. The molecule has 0 aliphatic rings. The second-order valence-electron chi connectivity index (χ2n) is 5.23. The maximum absolute atomic E-state index is 12.3. The second-order valence-corrected chi connectivity index (χ2v) is 6.64. The van der Waals surface area contributed by atoms with Crippen LogP contribution in [0.15, 0.2) is 36.4 Å². The lowest BCUT2D eigenvalue weighted by atomic mass is 10.3. The Balaban J connectivity index is 1.58. The fraction of sp³-hybridized carbons (Fsp3) is 0.125. The molecule has 2 aromatic carbocycles. The van der Waals surface area contributed by atoms with Gasteiger partial charge in [-0.3, -0.25) is 4.79 Å². The highest BCUT2D eigenvalue weighted by Gasteiger charge is 2.15. The van der Waals surface area contributed by atoms with Crippen LogP contribution < -0.4 is 10.1 Å². The van der Waals surface area contributed by atoms with E-state index in [0.717, 1.165) is 15.7 Å². The summed E-state index contributed by atoms with van der Waals surface area (Å²) in [5.41, 5.74) is 2.17. The van der Waals surface area contributed by atoms with Crippen LogP contribution >= 0.6 is 22.9 Å². The summed E-state index contributed by atoms with van der Waals surface area (Å²) in [5.74, 6) is 0.364. The third-order valence-corrected chi connectivity index (χ3v) is 5.07. The van der Waals surface area contributed by atoms with Gasteiger partial charge in [0.05, 0.1) is 22.3 Å². The smallest absolute Gasteiger partial charge is 0.247 e. The number of nitrogens with zero attached hydrogens (tertiary/aromatic N) is 4. The molecule has 0 atom stereocenters. The maximum atomic E-state index is 12.3. The van der Waals surface area contributed by atoms with Gasteiger partial charge in [0.2, 0.25) is 5.91 Å². The molecule has 4 rings (SSSR count). The van der Waals surface area contributed by atoms with Crippen LogP contribution in [0.3, 0.4) is 0 Å². The Morgan fingerprint density at radius 2 is 2.16 bits per heavy atom. The van der Waals surface area contributed by atoms with Gasteiger partial charge < -0.3 is 10.1 Å². The topological polar surface area (TPSA) is 81.9 Å². The number of fused-ring (bicyclic) bond motifs is 2. The molecule has 2 aromatic heterocycles. The summed E-state index contributed by atoms with van der Waals surface area (Å²) in [7, 11) is 1.57. The minimum Gasteiger partial charge on any atom is -0.494 e. The molecule has 0 aliphatic carbocycles. The monoisotopic (exact) mass is 373 g/mol. The zero-order valence-electron chi connectivity index (χ0n) is 13.1. The van der Waals surface area contributed by atoms with Gasteiger partial charge >= 0.3 is 0 Å². The van der Waals surface area contributed by atoms with E-state index in [1.807, 2.05) is 24.3 Å². The average molecular weight is 374 g/mol. The molecule has 0 bridgehead atoms. The van der Waals surface area contributed by atoms with Gasteiger partial charge in [0.25, 0.3) is 0 Å². The first-order valence-electron chi connectivity index (χ1n) is 7.37. The molecule has 0 unspecified atom stereocenters. The summed E-state index contributed by atoms with van der Waals surface area (Å²) in [4.78, 5) is 16.8. The highest BCUT2D eigenvalue weighted by Crippen LogP contribution is 2.37. The van der Waals surface area contributed by atoms with Crippen molar-refractivity contribution in [1.29, 1.82) is 0 Å². The third kappa shape index (κ3) is 2.90. The van der Waals surface area contributed by atoms with E-state index in [1.165, 1.54) is 11.3 Å². The third-order valence-electron chi connectivity index (χ3n) is 3.64. The van der Waals surface area contributed by atoms with Crippen LogP contribution in [0.2, 0.25) is 5.02 Å². The van der Waals surface area contributed by atoms with Crippen LogP contribution in [0.5, 0.6) is 5.75 Å². The van der Waals surface area contributed by atoms with Crippen molar-refractivity contribution in [2.75, 3.05) is 12.4 Å². The Kier molecular flexibility index (Phi) is 3.98. The predicted molar refractivity (Wildman–Crippen MR) is 97.3 cm³/mol. The molecule has 9 heteroatoms. The maximum Gasteiger partial charge on any atom is 0.247 e. The zero-order chi connectivity index (χ0) is 17.4. The standard InChI is InChI=1S/C16H12ClN5O2S/c1-24-12-7-6-9(17)15-14(12)19-16(25-15)18-13(23)8-22-11-5-3-2-4-10(11)20-21-22/h2-7H,8H2,1H3,(H,18,19,23). The Bertz CT molecular complexity index is 1090. The lowest BCUT2D eigenvalue weighted by Crippen LogP contribution is -2.19. The van der Waals surface area contributed by atoms with E-state index in [0.29, 0.717) is 21.4 Å². The van der Waals surface area contributed by atoms with Gasteiger partial charge in [0, 0.05) is 0 Å². The molecule has 0 fully saturated rings. The van der Waals surface area contributed by atoms with E-state index in [1.54, 1.807) is 23.9 Å². The first-order chi connectivity index (χ1) is 12.2. The SMILES string of the molecule is COc1ccc(Cl)c2sc(NC(=O)Cn3nnc4ccccc43)nc12. The molecule has 0 saturated carbocycles. The van der Waals surface area contributed by atoms with Gasteiger partial charge in [0.1, 0.15) is 23.3 Å². The number of thiazole rings is 1.